The molecule has 3 heteroatoms. The predicted octanol–water partition coefficient (Wildman–Crippen LogP) is 4.53. The van der Waals surface area contributed by atoms with Gasteiger partial charge in [-0.1, -0.05) is 54.7 Å². The van der Waals surface area contributed by atoms with Crippen molar-refractivity contribution in [3.05, 3.63) is 71.8 Å². The van der Waals surface area contributed by atoms with Crippen molar-refractivity contribution in [3.8, 4) is 0 Å². The molecule has 104 valence electrons. The summed E-state index contributed by atoms with van der Waals surface area (Å²) in [4.78, 5) is 0.401. The highest BCUT2D eigenvalue weighted by atomic mass is 32.1. The van der Waals surface area contributed by atoms with E-state index < -0.39 is 0 Å². The lowest BCUT2D eigenvalue weighted by atomic mass is 10.1. The van der Waals surface area contributed by atoms with Crippen molar-refractivity contribution >= 4 is 39.4 Å². The van der Waals surface area contributed by atoms with E-state index in [1.807, 2.05) is 30.3 Å². The zero-order valence-corrected chi connectivity index (χ0v) is 12.6. The van der Waals surface area contributed by atoms with E-state index in [4.69, 9.17) is 18.0 Å². The Hall–Kier alpha value is -2.39. The van der Waals surface area contributed by atoms with Gasteiger partial charge in [0.1, 0.15) is 4.99 Å². The molecule has 0 heterocycles. The van der Waals surface area contributed by atoms with Crippen molar-refractivity contribution in [2.24, 2.45) is 5.73 Å². The minimum absolute atomic E-state index is 0.401. The number of aryl methyl sites for hydroxylation is 1. The normalized spacial score (nSPS) is 10.5. The van der Waals surface area contributed by atoms with Gasteiger partial charge in [-0.2, -0.15) is 0 Å². The summed E-state index contributed by atoms with van der Waals surface area (Å²) in [6.45, 7) is 2.05. The van der Waals surface area contributed by atoms with E-state index in [1.54, 1.807) is 0 Å². The Kier molecular flexibility index (Phi) is 3.59. The van der Waals surface area contributed by atoms with E-state index in [-0.39, 0.29) is 0 Å². The van der Waals surface area contributed by atoms with Crippen LogP contribution in [0.3, 0.4) is 0 Å². The average molecular weight is 292 g/mol. The minimum Gasteiger partial charge on any atom is -0.389 e. The summed E-state index contributed by atoms with van der Waals surface area (Å²) in [6.07, 6.45) is 0. The number of benzene rings is 3. The number of hydrogen-bond donors (Lipinski definition) is 2. The Morgan fingerprint density at radius 1 is 0.952 bits per heavy atom. The molecule has 0 unspecified atom stereocenters. The van der Waals surface area contributed by atoms with Gasteiger partial charge in [-0.05, 0) is 36.1 Å². The van der Waals surface area contributed by atoms with Crippen molar-refractivity contribution in [1.29, 1.82) is 0 Å². The van der Waals surface area contributed by atoms with Crippen LogP contribution in [0, 0.1) is 6.92 Å². The van der Waals surface area contributed by atoms with Crippen LogP contribution in [0.4, 0.5) is 11.4 Å². The zero-order chi connectivity index (χ0) is 14.8. The molecule has 3 rings (SSSR count). The Morgan fingerprint density at radius 3 is 2.52 bits per heavy atom. The average Bonchev–Trinajstić information content (AvgIpc) is 2.47. The Morgan fingerprint density at radius 2 is 1.71 bits per heavy atom. The monoisotopic (exact) mass is 292 g/mol. The second-order valence-electron chi connectivity index (χ2n) is 5.06. The molecule has 21 heavy (non-hydrogen) atoms. The summed E-state index contributed by atoms with van der Waals surface area (Å²) < 4.78 is 0. The lowest BCUT2D eigenvalue weighted by Crippen LogP contribution is -2.12. The van der Waals surface area contributed by atoms with Gasteiger partial charge in [0.2, 0.25) is 0 Å². The molecule has 0 atom stereocenters. The van der Waals surface area contributed by atoms with Crippen LogP contribution in [-0.4, -0.2) is 4.99 Å². The predicted molar refractivity (Wildman–Crippen MR) is 94.3 cm³/mol. The minimum atomic E-state index is 0.401. The molecule has 3 aromatic rings. The SMILES string of the molecule is Cc1ccc(C(N)=S)c(Nc2cccc3ccccc23)c1. The standard InChI is InChI=1S/C18H16N2S/c1-12-9-10-15(18(19)21)17(11-12)20-16-8-4-6-13-5-2-3-7-14(13)16/h2-11,20H,1H3,(H2,19,21). The summed E-state index contributed by atoms with van der Waals surface area (Å²) in [6, 6.07) is 20.5. The van der Waals surface area contributed by atoms with Gasteiger partial charge >= 0.3 is 0 Å². The lowest BCUT2D eigenvalue weighted by molar-refractivity contribution is 1.44. The van der Waals surface area contributed by atoms with Gasteiger partial charge in [0.25, 0.3) is 0 Å². The van der Waals surface area contributed by atoms with E-state index in [0.717, 1.165) is 22.5 Å². The van der Waals surface area contributed by atoms with Crippen LogP contribution in [0.5, 0.6) is 0 Å². The highest BCUT2D eigenvalue weighted by Crippen LogP contribution is 2.28. The number of thiocarbonyl (C=S) groups is 1. The van der Waals surface area contributed by atoms with Gasteiger partial charge in [0.05, 0.1) is 0 Å². The first-order valence-electron chi connectivity index (χ1n) is 6.80. The van der Waals surface area contributed by atoms with E-state index in [0.29, 0.717) is 4.99 Å². The number of fused-ring (bicyclic) bond motifs is 1. The van der Waals surface area contributed by atoms with E-state index in [1.165, 1.54) is 10.8 Å². The molecule has 0 spiro atoms. The van der Waals surface area contributed by atoms with Crippen molar-refractivity contribution in [2.75, 3.05) is 5.32 Å². The summed E-state index contributed by atoms with van der Waals surface area (Å²) >= 11 is 5.14. The molecule has 0 saturated carbocycles. The van der Waals surface area contributed by atoms with Crippen LogP contribution < -0.4 is 11.1 Å². The zero-order valence-electron chi connectivity index (χ0n) is 11.8. The van der Waals surface area contributed by atoms with Crippen molar-refractivity contribution in [1.82, 2.24) is 0 Å². The molecular formula is C18H16N2S. The smallest absolute Gasteiger partial charge is 0.106 e. The molecular weight excluding hydrogens is 276 g/mol. The van der Waals surface area contributed by atoms with Gasteiger partial charge in [-0.15, -0.1) is 0 Å². The molecule has 0 aliphatic heterocycles. The molecule has 2 nitrogen and oxygen atoms in total. The van der Waals surface area contributed by atoms with Crippen molar-refractivity contribution < 1.29 is 0 Å². The molecule has 0 bridgehead atoms. The molecule has 0 radical (unpaired) electrons. The second-order valence-corrected chi connectivity index (χ2v) is 5.50. The van der Waals surface area contributed by atoms with Crippen molar-refractivity contribution in [3.63, 3.8) is 0 Å². The molecule has 0 amide bonds. The van der Waals surface area contributed by atoms with E-state index in [2.05, 4.69) is 42.6 Å². The fourth-order valence-electron chi connectivity index (χ4n) is 2.46. The molecule has 3 aromatic carbocycles. The fourth-order valence-corrected chi connectivity index (χ4v) is 2.63. The van der Waals surface area contributed by atoms with Gasteiger partial charge in [-0.3, -0.25) is 0 Å². The maximum Gasteiger partial charge on any atom is 0.106 e. The highest BCUT2D eigenvalue weighted by molar-refractivity contribution is 7.80. The largest absolute Gasteiger partial charge is 0.389 e. The van der Waals surface area contributed by atoms with Crippen LogP contribution in [-0.2, 0) is 0 Å². The van der Waals surface area contributed by atoms with E-state index in [9.17, 15) is 0 Å². The lowest BCUT2D eigenvalue weighted by Gasteiger charge is -2.14. The van der Waals surface area contributed by atoms with Crippen LogP contribution in [0.25, 0.3) is 10.8 Å². The Balaban J connectivity index is 2.11. The van der Waals surface area contributed by atoms with Gasteiger partial charge < -0.3 is 11.1 Å². The third-order valence-corrected chi connectivity index (χ3v) is 3.72. The van der Waals surface area contributed by atoms with Crippen LogP contribution >= 0.6 is 12.2 Å². The van der Waals surface area contributed by atoms with Crippen LogP contribution in [0.2, 0.25) is 0 Å². The van der Waals surface area contributed by atoms with Gasteiger partial charge in [0.15, 0.2) is 0 Å². The topological polar surface area (TPSA) is 38.0 Å². The maximum absolute atomic E-state index is 5.82. The summed E-state index contributed by atoms with van der Waals surface area (Å²) in [5.41, 5.74) is 9.85. The molecule has 0 aliphatic rings. The third-order valence-electron chi connectivity index (χ3n) is 3.50. The molecule has 0 fully saturated rings. The molecule has 3 N–H and O–H groups in total. The fraction of sp³-hybridized carbons (Fsp3) is 0.0556. The van der Waals surface area contributed by atoms with Gasteiger partial charge in [-0.25, -0.2) is 0 Å². The summed E-state index contributed by atoms with van der Waals surface area (Å²) in [7, 11) is 0. The Bertz CT molecular complexity index is 819. The van der Waals surface area contributed by atoms with Crippen LogP contribution in [0.15, 0.2) is 60.7 Å². The van der Waals surface area contributed by atoms with E-state index >= 15 is 0 Å². The molecule has 0 aliphatic carbocycles. The molecule has 0 saturated heterocycles. The number of anilines is 2. The number of nitrogens with one attached hydrogen (secondary N) is 1. The number of nitrogens with two attached hydrogens (primary N) is 1. The summed E-state index contributed by atoms with van der Waals surface area (Å²) in [5.74, 6) is 0. The highest BCUT2D eigenvalue weighted by Gasteiger charge is 2.07. The first-order chi connectivity index (χ1) is 10.1. The first kappa shape index (κ1) is 13.6. The summed E-state index contributed by atoms with van der Waals surface area (Å²) in [5, 5.41) is 5.85. The van der Waals surface area contributed by atoms with Crippen LogP contribution in [0.1, 0.15) is 11.1 Å². The first-order valence-corrected chi connectivity index (χ1v) is 7.21. The third kappa shape index (κ3) is 2.73. The molecule has 0 aromatic heterocycles. The van der Waals surface area contributed by atoms with Gasteiger partial charge in [0, 0.05) is 22.3 Å². The maximum atomic E-state index is 5.82. The van der Waals surface area contributed by atoms with Crippen molar-refractivity contribution in [2.45, 2.75) is 6.92 Å². The quantitative estimate of drug-likeness (QED) is 0.697. The number of hydrogen-bond acceptors (Lipinski definition) is 2. The number of rotatable bonds is 3. The Labute approximate surface area is 129 Å². The second kappa shape index (κ2) is 5.54.